The number of fused-ring (bicyclic) bond motifs is 3. The Hall–Kier alpha value is -2.13. The van der Waals surface area contributed by atoms with E-state index in [4.69, 9.17) is 0 Å². The molecule has 0 unspecified atom stereocenters. The number of nitrogens with one attached hydrogen (secondary N) is 1. The van der Waals surface area contributed by atoms with Crippen LogP contribution < -0.4 is 0 Å². The van der Waals surface area contributed by atoms with Gasteiger partial charge in [-0.1, -0.05) is 12.1 Å². The molecule has 3 heteroatoms. The molecule has 0 saturated heterocycles. The van der Waals surface area contributed by atoms with Crippen LogP contribution in [0.15, 0.2) is 42.6 Å². The molecule has 0 bridgehead atoms. The fraction of sp³-hybridized carbons (Fsp3) is 0.118. The van der Waals surface area contributed by atoms with Crippen LogP contribution in [0.3, 0.4) is 0 Å². The minimum atomic E-state index is 1.11. The number of hydrogen-bond acceptors (Lipinski definition) is 2. The fourth-order valence-corrected chi connectivity index (χ4v) is 3.95. The topological polar surface area (TPSA) is 28.7 Å². The third kappa shape index (κ3) is 1.60. The molecule has 0 amide bonds. The lowest BCUT2D eigenvalue weighted by Crippen LogP contribution is -1.83. The molecule has 3 heterocycles. The first-order valence-corrected chi connectivity index (χ1v) is 7.48. The molecule has 4 rings (SSSR count). The lowest BCUT2D eigenvalue weighted by Gasteiger charge is -2.03. The number of aryl methyl sites for hydroxylation is 2. The van der Waals surface area contributed by atoms with Gasteiger partial charge in [-0.2, -0.15) is 0 Å². The summed E-state index contributed by atoms with van der Waals surface area (Å²) in [6.07, 6.45) is 1.87. The Kier molecular flexibility index (Phi) is 2.44. The maximum atomic E-state index is 4.59. The van der Waals surface area contributed by atoms with E-state index >= 15 is 0 Å². The highest BCUT2D eigenvalue weighted by molar-refractivity contribution is 7.25. The summed E-state index contributed by atoms with van der Waals surface area (Å²) in [5, 5.41) is 1.26. The van der Waals surface area contributed by atoms with Crippen LogP contribution in [0.2, 0.25) is 0 Å². The van der Waals surface area contributed by atoms with Crippen molar-refractivity contribution in [2.75, 3.05) is 0 Å². The van der Waals surface area contributed by atoms with Gasteiger partial charge in [0, 0.05) is 33.2 Å². The van der Waals surface area contributed by atoms with Crippen molar-refractivity contribution in [1.82, 2.24) is 9.97 Å². The molecule has 2 nitrogen and oxygen atoms in total. The van der Waals surface area contributed by atoms with Gasteiger partial charge in [-0.05, 0) is 43.7 Å². The molecule has 0 saturated carbocycles. The van der Waals surface area contributed by atoms with Crippen LogP contribution in [0.5, 0.6) is 0 Å². The van der Waals surface area contributed by atoms with Crippen molar-refractivity contribution in [1.29, 1.82) is 0 Å². The number of aromatic amines is 1. The first-order valence-electron chi connectivity index (χ1n) is 6.67. The van der Waals surface area contributed by atoms with E-state index in [0.29, 0.717) is 0 Å². The van der Waals surface area contributed by atoms with Gasteiger partial charge in [-0.3, -0.25) is 4.98 Å². The number of aromatic nitrogens is 2. The standard InChI is InChI=1S/C17H14N2S/c1-10-9-11(2)19-16(10)12-5-3-6-13-15(12)17-14(20-13)7-4-8-18-17/h3-9,19H,1-2H3. The molecule has 4 aromatic rings. The van der Waals surface area contributed by atoms with Gasteiger partial charge >= 0.3 is 0 Å². The smallest absolute Gasteiger partial charge is 0.0895 e. The molecule has 0 aliphatic carbocycles. The first-order chi connectivity index (χ1) is 9.74. The van der Waals surface area contributed by atoms with E-state index in [1.807, 2.05) is 12.3 Å². The summed E-state index contributed by atoms with van der Waals surface area (Å²) in [6.45, 7) is 4.25. The molecule has 1 N–H and O–H groups in total. The number of pyridine rings is 1. The number of H-pyrrole nitrogens is 1. The van der Waals surface area contributed by atoms with E-state index in [0.717, 1.165) is 5.52 Å². The first kappa shape index (κ1) is 11.7. The van der Waals surface area contributed by atoms with Crippen LogP contribution >= 0.6 is 11.3 Å². The highest BCUT2D eigenvalue weighted by Gasteiger charge is 2.13. The molecule has 0 spiro atoms. The van der Waals surface area contributed by atoms with Crippen molar-refractivity contribution >= 4 is 31.6 Å². The van der Waals surface area contributed by atoms with Gasteiger partial charge in [0.15, 0.2) is 0 Å². The molecule has 0 aliphatic heterocycles. The summed E-state index contributed by atoms with van der Waals surface area (Å²) in [5.74, 6) is 0. The zero-order chi connectivity index (χ0) is 13.7. The van der Waals surface area contributed by atoms with Gasteiger partial charge in [0.2, 0.25) is 0 Å². The minimum absolute atomic E-state index is 1.11. The Balaban J connectivity index is 2.16. The number of rotatable bonds is 1. The Morgan fingerprint density at radius 1 is 1.05 bits per heavy atom. The second kappa shape index (κ2) is 4.18. The number of nitrogens with zero attached hydrogens (tertiary/aromatic N) is 1. The summed E-state index contributed by atoms with van der Waals surface area (Å²) in [5.41, 5.74) is 6.04. The highest BCUT2D eigenvalue weighted by Crippen LogP contribution is 2.39. The second-order valence-corrected chi connectivity index (χ2v) is 6.23. The molecular weight excluding hydrogens is 264 g/mol. The van der Waals surface area contributed by atoms with E-state index < -0.39 is 0 Å². The lowest BCUT2D eigenvalue weighted by atomic mass is 10.0. The van der Waals surface area contributed by atoms with Crippen LogP contribution in [0.1, 0.15) is 11.3 Å². The largest absolute Gasteiger partial charge is 0.358 e. The van der Waals surface area contributed by atoms with E-state index in [2.05, 4.69) is 54.1 Å². The molecule has 0 radical (unpaired) electrons. The van der Waals surface area contributed by atoms with Gasteiger partial charge < -0.3 is 4.98 Å². The van der Waals surface area contributed by atoms with E-state index in [1.165, 1.54) is 37.3 Å². The maximum absolute atomic E-state index is 4.59. The Morgan fingerprint density at radius 3 is 2.70 bits per heavy atom. The van der Waals surface area contributed by atoms with Crippen molar-refractivity contribution < 1.29 is 0 Å². The van der Waals surface area contributed by atoms with E-state index in [1.54, 1.807) is 11.3 Å². The third-order valence-corrected chi connectivity index (χ3v) is 4.78. The van der Waals surface area contributed by atoms with Gasteiger partial charge in [-0.25, -0.2) is 0 Å². The van der Waals surface area contributed by atoms with Crippen LogP contribution in [-0.2, 0) is 0 Å². The molecular formula is C17H14N2S. The summed E-state index contributed by atoms with van der Waals surface area (Å²) < 4.78 is 2.54. The fourth-order valence-electron chi connectivity index (χ4n) is 2.86. The van der Waals surface area contributed by atoms with Crippen LogP contribution in [0.25, 0.3) is 31.6 Å². The van der Waals surface area contributed by atoms with Crippen LogP contribution in [0, 0.1) is 13.8 Å². The predicted octanol–water partition coefficient (Wildman–Crippen LogP) is 5.06. The van der Waals surface area contributed by atoms with Crippen LogP contribution in [-0.4, -0.2) is 9.97 Å². The van der Waals surface area contributed by atoms with Crippen molar-refractivity contribution in [2.24, 2.45) is 0 Å². The van der Waals surface area contributed by atoms with Crippen molar-refractivity contribution in [2.45, 2.75) is 13.8 Å². The summed E-state index contributed by atoms with van der Waals surface area (Å²) in [6, 6.07) is 12.8. The zero-order valence-electron chi connectivity index (χ0n) is 11.4. The SMILES string of the molecule is Cc1cc(C)c(-c2cccc3sc4cccnc4c23)[nH]1. The summed E-state index contributed by atoms with van der Waals surface area (Å²) in [7, 11) is 0. The highest BCUT2D eigenvalue weighted by atomic mass is 32.1. The van der Waals surface area contributed by atoms with Crippen molar-refractivity contribution in [3.8, 4) is 11.3 Å². The summed E-state index contributed by atoms with van der Waals surface area (Å²) >= 11 is 1.81. The van der Waals surface area contributed by atoms with Gasteiger partial charge in [0.1, 0.15) is 0 Å². The zero-order valence-corrected chi connectivity index (χ0v) is 12.2. The number of thiophene rings is 1. The number of benzene rings is 1. The van der Waals surface area contributed by atoms with E-state index in [9.17, 15) is 0 Å². The molecule has 1 aromatic carbocycles. The van der Waals surface area contributed by atoms with Gasteiger partial charge in [0.25, 0.3) is 0 Å². The average molecular weight is 278 g/mol. The Labute approximate surface area is 121 Å². The van der Waals surface area contributed by atoms with Gasteiger partial charge in [0.05, 0.1) is 10.2 Å². The van der Waals surface area contributed by atoms with Crippen molar-refractivity contribution in [3.05, 3.63) is 53.9 Å². The van der Waals surface area contributed by atoms with E-state index in [-0.39, 0.29) is 0 Å². The molecule has 98 valence electrons. The average Bonchev–Trinajstić information content (AvgIpc) is 2.98. The quantitative estimate of drug-likeness (QED) is 0.518. The lowest BCUT2D eigenvalue weighted by molar-refractivity contribution is 1.27. The third-order valence-electron chi connectivity index (χ3n) is 3.67. The van der Waals surface area contributed by atoms with Crippen LogP contribution in [0.4, 0.5) is 0 Å². The minimum Gasteiger partial charge on any atom is -0.358 e. The molecule has 3 aromatic heterocycles. The molecule has 0 atom stereocenters. The molecule has 0 aliphatic rings. The second-order valence-electron chi connectivity index (χ2n) is 5.14. The number of hydrogen-bond donors (Lipinski definition) is 1. The normalized spacial score (nSPS) is 11.5. The Morgan fingerprint density at radius 2 is 1.90 bits per heavy atom. The monoisotopic (exact) mass is 278 g/mol. The van der Waals surface area contributed by atoms with Crippen molar-refractivity contribution in [3.63, 3.8) is 0 Å². The summed E-state index contributed by atoms with van der Waals surface area (Å²) in [4.78, 5) is 8.07. The maximum Gasteiger partial charge on any atom is 0.0895 e. The molecule has 0 fully saturated rings. The predicted molar refractivity (Wildman–Crippen MR) is 86.4 cm³/mol. The molecule has 20 heavy (non-hydrogen) atoms. The van der Waals surface area contributed by atoms with Gasteiger partial charge in [-0.15, -0.1) is 11.3 Å². The Bertz CT molecular complexity index is 931.